The van der Waals surface area contributed by atoms with Crippen molar-refractivity contribution in [2.75, 3.05) is 0 Å². The summed E-state index contributed by atoms with van der Waals surface area (Å²) in [6.45, 7) is 19.5. The molecule has 0 unspecified atom stereocenters. The van der Waals surface area contributed by atoms with Crippen LogP contribution < -0.4 is 0 Å². The number of aliphatic hydroxyl groups is 1. The first-order valence-corrected chi connectivity index (χ1v) is 18.1. The first kappa shape index (κ1) is 26.9. The smallest absolute Gasteiger partial charge is 0.192 e. The normalized spacial score (nSPS) is 40.7. The molecule has 0 aliphatic heterocycles. The molecule has 8 atom stereocenters. The van der Waals surface area contributed by atoms with Crippen molar-refractivity contribution in [1.82, 2.24) is 0 Å². The molecular weight excluding hydrogens is 456 g/mol. The first-order chi connectivity index (χ1) is 16.8. The van der Waals surface area contributed by atoms with Crippen LogP contribution in [-0.4, -0.2) is 25.6 Å². The molecule has 0 aromatic carbocycles. The van der Waals surface area contributed by atoms with Crippen molar-refractivity contribution >= 4 is 8.32 Å². The van der Waals surface area contributed by atoms with Gasteiger partial charge in [-0.05, 0) is 116 Å². The Bertz CT molecular complexity index is 934. The average Bonchev–Trinajstić information content (AvgIpc) is 3.58. The summed E-state index contributed by atoms with van der Waals surface area (Å²) in [5, 5.41) is 10.7. The van der Waals surface area contributed by atoms with Crippen molar-refractivity contribution in [3.05, 3.63) is 35.5 Å². The van der Waals surface area contributed by atoms with Crippen LogP contribution in [0.1, 0.15) is 99.3 Å². The molecule has 0 bridgehead atoms. The molecule has 202 valence electrons. The molecule has 1 N–H and O–H groups in total. The van der Waals surface area contributed by atoms with Gasteiger partial charge in [0.2, 0.25) is 0 Å². The fraction of sp³-hybridized carbons (Fsp3) is 0.818. The van der Waals surface area contributed by atoms with Crippen LogP contribution in [0.25, 0.3) is 0 Å². The lowest BCUT2D eigenvalue weighted by atomic mass is 9.50. The molecule has 3 heteroatoms. The highest BCUT2D eigenvalue weighted by molar-refractivity contribution is 6.74. The summed E-state index contributed by atoms with van der Waals surface area (Å²) in [6.07, 6.45) is 21.3. The molecule has 36 heavy (non-hydrogen) atoms. The Morgan fingerprint density at radius 2 is 1.69 bits per heavy atom. The SMILES string of the molecule is C[C@@H](/C=C/[C@@H](O)C1CC1)[C@H]1CC[C@H]2C3=CC=C4C[C@@H](O[Si](C)(C)C(C)(C)C)CC[C@]4(C)[C@H]3CC[C@]12C. The Hall–Kier alpha value is -0.643. The van der Waals surface area contributed by atoms with Gasteiger partial charge < -0.3 is 9.53 Å². The van der Waals surface area contributed by atoms with E-state index in [9.17, 15) is 5.11 Å². The van der Waals surface area contributed by atoms with E-state index in [4.69, 9.17) is 4.43 Å². The van der Waals surface area contributed by atoms with E-state index in [1.807, 2.05) is 0 Å². The van der Waals surface area contributed by atoms with E-state index in [0.717, 1.165) is 24.2 Å². The van der Waals surface area contributed by atoms with Gasteiger partial charge in [0.05, 0.1) is 6.10 Å². The minimum atomic E-state index is -1.73. The predicted molar refractivity (Wildman–Crippen MR) is 154 cm³/mol. The van der Waals surface area contributed by atoms with Gasteiger partial charge in [0, 0.05) is 6.10 Å². The van der Waals surface area contributed by atoms with Gasteiger partial charge in [-0.1, -0.05) is 77.0 Å². The summed E-state index contributed by atoms with van der Waals surface area (Å²) in [6, 6.07) is 0. The fourth-order valence-corrected chi connectivity index (χ4v) is 9.97. The Kier molecular flexibility index (Phi) is 6.91. The third kappa shape index (κ3) is 4.58. The summed E-state index contributed by atoms with van der Waals surface area (Å²) < 4.78 is 6.91. The fourth-order valence-electron chi connectivity index (χ4n) is 8.59. The number of fused-ring (bicyclic) bond motifs is 5. The summed E-state index contributed by atoms with van der Waals surface area (Å²) >= 11 is 0. The Balaban J connectivity index is 1.32. The minimum Gasteiger partial charge on any atom is -0.414 e. The zero-order valence-electron chi connectivity index (χ0n) is 24.6. The topological polar surface area (TPSA) is 29.5 Å². The molecule has 0 spiro atoms. The third-order valence-electron chi connectivity index (χ3n) is 12.2. The van der Waals surface area contributed by atoms with Crippen molar-refractivity contribution < 1.29 is 9.53 Å². The molecule has 4 fully saturated rings. The van der Waals surface area contributed by atoms with Crippen LogP contribution in [-0.2, 0) is 4.43 Å². The van der Waals surface area contributed by atoms with Crippen LogP contribution in [0.5, 0.6) is 0 Å². The van der Waals surface area contributed by atoms with Crippen molar-refractivity contribution in [3.63, 3.8) is 0 Å². The van der Waals surface area contributed by atoms with Crippen LogP contribution in [0, 0.1) is 40.4 Å². The van der Waals surface area contributed by atoms with Crippen LogP contribution in [0.3, 0.4) is 0 Å². The molecular formula is C33H54O2Si. The highest BCUT2D eigenvalue weighted by Gasteiger charge is 2.57. The Morgan fingerprint density at radius 3 is 2.36 bits per heavy atom. The number of aliphatic hydroxyl groups excluding tert-OH is 1. The van der Waals surface area contributed by atoms with Gasteiger partial charge in [-0.2, -0.15) is 0 Å². The van der Waals surface area contributed by atoms with Gasteiger partial charge in [-0.15, -0.1) is 0 Å². The number of rotatable bonds is 6. The van der Waals surface area contributed by atoms with E-state index < -0.39 is 8.32 Å². The van der Waals surface area contributed by atoms with Crippen molar-refractivity contribution in [2.24, 2.45) is 40.4 Å². The monoisotopic (exact) mass is 510 g/mol. The molecule has 2 nitrogen and oxygen atoms in total. The van der Waals surface area contributed by atoms with Crippen LogP contribution in [0.2, 0.25) is 18.1 Å². The van der Waals surface area contributed by atoms with Crippen molar-refractivity contribution in [3.8, 4) is 0 Å². The van der Waals surface area contributed by atoms with Gasteiger partial charge >= 0.3 is 0 Å². The Labute approximate surface area is 223 Å². The van der Waals surface area contributed by atoms with Crippen LogP contribution in [0.15, 0.2) is 35.5 Å². The summed E-state index contributed by atoms with van der Waals surface area (Å²) in [5.41, 5.74) is 4.20. The van der Waals surface area contributed by atoms with E-state index in [1.54, 1.807) is 11.1 Å². The predicted octanol–water partition coefficient (Wildman–Crippen LogP) is 8.84. The summed E-state index contributed by atoms with van der Waals surface area (Å²) in [4.78, 5) is 0. The second kappa shape index (κ2) is 9.23. The third-order valence-corrected chi connectivity index (χ3v) is 16.8. The van der Waals surface area contributed by atoms with Crippen LogP contribution in [0.4, 0.5) is 0 Å². The number of hydrogen-bond acceptors (Lipinski definition) is 2. The van der Waals surface area contributed by atoms with Gasteiger partial charge in [0.25, 0.3) is 0 Å². The molecule has 0 aromatic heterocycles. The highest BCUT2D eigenvalue weighted by Crippen LogP contribution is 2.66. The molecule has 5 rings (SSSR count). The maximum absolute atomic E-state index is 10.4. The Morgan fingerprint density at radius 1 is 0.972 bits per heavy atom. The lowest BCUT2D eigenvalue weighted by molar-refractivity contribution is 0.0405. The number of hydrogen-bond donors (Lipinski definition) is 1. The molecule has 4 saturated carbocycles. The molecule has 0 saturated heterocycles. The zero-order valence-corrected chi connectivity index (χ0v) is 25.6. The van der Waals surface area contributed by atoms with E-state index in [1.165, 1.54) is 51.4 Å². The van der Waals surface area contributed by atoms with E-state index in [-0.39, 0.29) is 11.1 Å². The largest absolute Gasteiger partial charge is 0.414 e. The van der Waals surface area contributed by atoms with Crippen molar-refractivity contribution in [1.29, 1.82) is 0 Å². The summed E-state index contributed by atoms with van der Waals surface area (Å²) in [7, 11) is -1.73. The molecule has 5 aliphatic rings. The second-order valence-electron chi connectivity index (χ2n) is 15.4. The lowest BCUT2D eigenvalue weighted by Gasteiger charge is -2.55. The van der Waals surface area contributed by atoms with Gasteiger partial charge in [0.1, 0.15) is 0 Å². The molecule has 0 heterocycles. The number of allylic oxidation sites excluding steroid dienone is 4. The van der Waals surface area contributed by atoms with Gasteiger partial charge in [-0.25, -0.2) is 0 Å². The maximum Gasteiger partial charge on any atom is 0.192 e. The maximum atomic E-state index is 10.4. The van der Waals surface area contributed by atoms with E-state index >= 15 is 0 Å². The van der Waals surface area contributed by atoms with Gasteiger partial charge in [-0.3, -0.25) is 0 Å². The standard InChI is InChI=1S/C33H54O2Si/c1-22(9-16-30(34)23-10-11-23)27-14-15-28-26-13-12-24-21-25(35-36(7,8)31(2,3)4)17-19-32(24,5)29(26)18-20-33(27,28)6/h9,12-13,16,22-23,25,27-30,34H,10-11,14-15,17-21H2,1-8H3/b16-9+/t22-,25-,27+,28-,29-,30+,32-,33+/m0/s1. The van der Waals surface area contributed by atoms with Gasteiger partial charge in [0.15, 0.2) is 8.32 Å². The van der Waals surface area contributed by atoms with E-state index in [0.29, 0.717) is 28.8 Å². The molecule has 0 amide bonds. The van der Waals surface area contributed by atoms with E-state index in [2.05, 4.69) is 78.9 Å². The zero-order chi connectivity index (χ0) is 26.1. The lowest BCUT2D eigenvalue weighted by Crippen LogP contribution is -2.49. The first-order valence-electron chi connectivity index (χ1n) is 15.2. The second-order valence-corrected chi connectivity index (χ2v) is 20.2. The highest BCUT2D eigenvalue weighted by atomic mass is 28.4. The molecule has 0 radical (unpaired) electrons. The average molecular weight is 511 g/mol. The quantitative estimate of drug-likeness (QED) is 0.286. The summed E-state index contributed by atoms with van der Waals surface area (Å²) in [5.74, 6) is 3.29. The molecule has 0 aromatic rings. The van der Waals surface area contributed by atoms with Crippen molar-refractivity contribution in [2.45, 2.75) is 130 Å². The minimum absolute atomic E-state index is 0.214. The van der Waals surface area contributed by atoms with Crippen LogP contribution >= 0.6 is 0 Å². The molecule has 5 aliphatic carbocycles.